The Hall–Kier alpha value is -1.04. The third-order valence-corrected chi connectivity index (χ3v) is 1.77. The third-order valence-electron chi connectivity index (χ3n) is 1.77. The summed E-state index contributed by atoms with van der Waals surface area (Å²) in [7, 11) is 0. The van der Waals surface area contributed by atoms with Crippen molar-refractivity contribution in [3.8, 4) is 6.07 Å². The van der Waals surface area contributed by atoms with E-state index in [1.54, 1.807) is 0 Å². The number of carbonyl (C=O) groups excluding carboxylic acids is 1. The Balaban J connectivity index is 2.28. The molecule has 0 bridgehead atoms. The standard InChI is InChI=1S/C7H10N2O/c8-4-1-2-6-3-5-9-7(6)10/h6H,1-3,5H2,(H,9,10)/t6-/m1/s1. The molecule has 1 fully saturated rings. The first kappa shape index (κ1) is 7.07. The van der Waals surface area contributed by atoms with Crippen LogP contribution in [0.1, 0.15) is 19.3 Å². The Morgan fingerprint density at radius 1 is 1.80 bits per heavy atom. The molecule has 0 unspecified atom stereocenters. The second-order valence-electron chi connectivity index (χ2n) is 2.47. The average molecular weight is 138 g/mol. The van der Waals surface area contributed by atoms with Crippen LogP contribution in [0.3, 0.4) is 0 Å². The number of carbonyl (C=O) groups is 1. The van der Waals surface area contributed by atoms with Crippen molar-refractivity contribution in [2.24, 2.45) is 5.92 Å². The van der Waals surface area contributed by atoms with Gasteiger partial charge in [-0.15, -0.1) is 0 Å². The van der Waals surface area contributed by atoms with Gasteiger partial charge in [-0.3, -0.25) is 4.79 Å². The smallest absolute Gasteiger partial charge is 0.223 e. The Bertz CT molecular complexity index is 171. The van der Waals surface area contributed by atoms with Crippen molar-refractivity contribution in [1.29, 1.82) is 5.26 Å². The molecule has 1 atom stereocenters. The second kappa shape index (κ2) is 3.21. The van der Waals surface area contributed by atoms with Gasteiger partial charge >= 0.3 is 0 Å². The van der Waals surface area contributed by atoms with E-state index in [4.69, 9.17) is 5.26 Å². The molecule has 0 saturated carbocycles. The molecule has 0 aromatic carbocycles. The fourth-order valence-electron chi connectivity index (χ4n) is 1.16. The largest absolute Gasteiger partial charge is 0.356 e. The summed E-state index contributed by atoms with van der Waals surface area (Å²) in [4.78, 5) is 10.9. The summed E-state index contributed by atoms with van der Waals surface area (Å²) in [6.07, 6.45) is 2.13. The van der Waals surface area contributed by atoms with E-state index in [1.165, 1.54) is 0 Å². The van der Waals surface area contributed by atoms with Crippen LogP contribution in [0.25, 0.3) is 0 Å². The average Bonchev–Trinajstić information content (AvgIpc) is 2.31. The zero-order valence-corrected chi connectivity index (χ0v) is 5.76. The number of rotatable bonds is 2. The van der Waals surface area contributed by atoms with Crippen LogP contribution in [0, 0.1) is 17.2 Å². The van der Waals surface area contributed by atoms with Gasteiger partial charge in [-0.2, -0.15) is 5.26 Å². The van der Waals surface area contributed by atoms with E-state index in [0.717, 1.165) is 19.4 Å². The first-order valence-electron chi connectivity index (χ1n) is 3.49. The lowest BCUT2D eigenvalue weighted by Gasteiger charge is -2.00. The van der Waals surface area contributed by atoms with E-state index in [9.17, 15) is 4.79 Å². The molecule has 0 spiro atoms. The third kappa shape index (κ3) is 1.47. The first-order valence-corrected chi connectivity index (χ1v) is 3.49. The van der Waals surface area contributed by atoms with Crippen molar-refractivity contribution in [1.82, 2.24) is 5.32 Å². The Morgan fingerprint density at radius 3 is 3.10 bits per heavy atom. The van der Waals surface area contributed by atoms with Gasteiger partial charge in [0.1, 0.15) is 0 Å². The first-order chi connectivity index (χ1) is 4.84. The molecule has 54 valence electrons. The van der Waals surface area contributed by atoms with Crippen LogP contribution < -0.4 is 5.32 Å². The number of hydrogen-bond acceptors (Lipinski definition) is 2. The van der Waals surface area contributed by atoms with Gasteiger partial charge in [-0.1, -0.05) is 0 Å². The lowest BCUT2D eigenvalue weighted by molar-refractivity contribution is -0.122. The van der Waals surface area contributed by atoms with Crippen LogP contribution in [-0.2, 0) is 4.79 Å². The summed E-state index contributed by atoms with van der Waals surface area (Å²) in [6.45, 7) is 0.787. The van der Waals surface area contributed by atoms with Crippen molar-refractivity contribution in [2.45, 2.75) is 19.3 Å². The van der Waals surface area contributed by atoms with Gasteiger partial charge in [0.2, 0.25) is 5.91 Å². The Morgan fingerprint density at radius 2 is 2.60 bits per heavy atom. The number of nitrogens with zero attached hydrogens (tertiary/aromatic N) is 1. The van der Waals surface area contributed by atoms with E-state index in [-0.39, 0.29) is 11.8 Å². The van der Waals surface area contributed by atoms with Gasteiger partial charge in [0.05, 0.1) is 6.07 Å². The molecule has 1 rings (SSSR count). The minimum absolute atomic E-state index is 0.111. The van der Waals surface area contributed by atoms with E-state index < -0.39 is 0 Å². The molecule has 0 radical (unpaired) electrons. The topological polar surface area (TPSA) is 52.9 Å². The van der Waals surface area contributed by atoms with Crippen LogP contribution in [0.15, 0.2) is 0 Å². The maximum absolute atomic E-state index is 10.9. The molecule has 1 amide bonds. The second-order valence-corrected chi connectivity index (χ2v) is 2.47. The SMILES string of the molecule is N#CCC[C@@H]1CCNC1=O. The summed E-state index contributed by atoms with van der Waals surface area (Å²) < 4.78 is 0. The predicted octanol–water partition coefficient (Wildman–Crippen LogP) is 0.426. The van der Waals surface area contributed by atoms with Crippen LogP contribution in [0.2, 0.25) is 0 Å². The summed E-state index contributed by atoms with van der Waals surface area (Å²) >= 11 is 0. The molecular formula is C7H10N2O. The van der Waals surface area contributed by atoms with Crippen molar-refractivity contribution in [3.63, 3.8) is 0 Å². The van der Waals surface area contributed by atoms with Crippen molar-refractivity contribution in [3.05, 3.63) is 0 Å². The minimum Gasteiger partial charge on any atom is -0.356 e. The molecule has 0 aromatic rings. The van der Waals surface area contributed by atoms with Crippen LogP contribution >= 0.6 is 0 Å². The zero-order chi connectivity index (χ0) is 7.40. The zero-order valence-electron chi connectivity index (χ0n) is 5.76. The lowest BCUT2D eigenvalue weighted by Crippen LogP contribution is -2.18. The maximum atomic E-state index is 10.9. The molecule has 1 saturated heterocycles. The van der Waals surface area contributed by atoms with Gasteiger partial charge in [0.15, 0.2) is 0 Å². The van der Waals surface area contributed by atoms with Crippen LogP contribution in [0.4, 0.5) is 0 Å². The Labute approximate surface area is 60.0 Å². The number of nitrogens with one attached hydrogen (secondary N) is 1. The molecule has 1 aliphatic heterocycles. The summed E-state index contributed by atoms with van der Waals surface area (Å²) in [5.41, 5.74) is 0. The van der Waals surface area contributed by atoms with Gasteiger partial charge in [-0.25, -0.2) is 0 Å². The summed E-state index contributed by atoms with van der Waals surface area (Å²) in [5.74, 6) is 0.231. The molecule has 10 heavy (non-hydrogen) atoms. The summed E-state index contributed by atoms with van der Waals surface area (Å²) in [5, 5.41) is 11.0. The minimum atomic E-state index is 0.111. The highest BCUT2D eigenvalue weighted by atomic mass is 16.2. The fraction of sp³-hybridized carbons (Fsp3) is 0.714. The van der Waals surface area contributed by atoms with E-state index in [1.807, 2.05) is 6.07 Å². The number of nitriles is 1. The maximum Gasteiger partial charge on any atom is 0.223 e. The van der Waals surface area contributed by atoms with Gasteiger partial charge < -0.3 is 5.32 Å². The van der Waals surface area contributed by atoms with E-state index in [2.05, 4.69) is 5.32 Å². The van der Waals surface area contributed by atoms with Crippen molar-refractivity contribution >= 4 is 5.91 Å². The van der Waals surface area contributed by atoms with E-state index in [0.29, 0.717) is 6.42 Å². The fourth-order valence-corrected chi connectivity index (χ4v) is 1.16. The molecule has 0 aromatic heterocycles. The molecular weight excluding hydrogens is 128 g/mol. The monoisotopic (exact) mass is 138 g/mol. The van der Waals surface area contributed by atoms with E-state index >= 15 is 0 Å². The predicted molar refractivity (Wildman–Crippen MR) is 36.0 cm³/mol. The number of hydrogen-bond donors (Lipinski definition) is 1. The molecule has 3 heteroatoms. The lowest BCUT2D eigenvalue weighted by atomic mass is 10.0. The van der Waals surface area contributed by atoms with Crippen molar-refractivity contribution in [2.75, 3.05) is 6.54 Å². The highest BCUT2D eigenvalue weighted by molar-refractivity contribution is 5.80. The molecule has 1 N–H and O–H groups in total. The van der Waals surface area contributed by atoms with Gasteiger partial charge in [-0.05, 0) is 12.8 Å². The highest BCUT2D eigenvalue weighted by Crippen LogP contribution is 2.14. The molecule has 0 aliphatic carbocycles. The molecule has 3 nitrogen and oxygen atoms in total. The molecule has 1 heterocycles. The molecule has 1 aliphatic rings. The van der Waals surface area contributed by atoms with Crippen molar-refractivity contribution < 1.29 is 4.79 Å². The van der Waals surface area contributed by atoms with Crippen LogP contribution in [-0.4, -0.2) is 12.5 Å². The highest BCUT2D eigenvalue weighted by Gasteiger charge is 2.22. The van der Waals surface area contributed by atoms with Crippen LogP contribution in [0.5, 0.6) is 0 Å². The van der Waals surface area contributed by atoms with Gasteiger partial charge in [0.25, 0.3) is 0 Å². The Kier molecular flexibility index (Phi) is 2.27. The number of amides is 1. The normalized spacial score (nSPS) is 23.9. The van der Waals surface area contributed by atoms with Gasteiger partial charge in [0, 0.05) is 18.9 Å². The summed E-state index contributed by atoms with van der Waals surface area (Å²) in [6, 6.07) is 2.04. The quantitative estimate of drug-likeness (QED) is 0.601.